The van der Waals surface area contributed by atoms with E-state index in [-0.39, 0.29) is 11.8 Å². The summed E-state index contributed by atoms with van der Waals surface area (Å²) < 4.78 is 1.11. The molecule has 2 nitrogen and oxygen atoms in total. The van der Waals surface area contributed by atoms with Gasteiger partial charge in [-0.2, -0.15) is 0 Å². The molecule has 1 aliphatic heterocycles. The van der Waals surface area contributed by atoms with Crippen LogP contribution in [0.1, 0.15) is 28.5 Å². The molecule has 1 saturated heterocycles. The Morgan fingerprint density at radius 3 is 2.30 bits per heavy atom. The Kier molecular flexibility index (Phi) is 5.53. The van der Waals surface area contributed by atoms with Crippen LogP contribution in [0.15, 0.2) is 77.3 Å². The summed E-state index contributed by atoms with van der Waals surface area (Å²) in [6.45, 7) is 2.72. The lowest BCUT2D eigenvalue weighted by Crippen LogP contribution is -2.20. The number of halogens is 2. The number of rotatable bonds is 4. The highest BCUT2D eigenvalue weighted by Gasteiger charge is 2.37. The first-order chi connectivity index (χ1) is 13.1. The summed E-state index contributed by atoms with van der Waals surface area (Å²) in [6.07, 6.45) is 0. The molecule has 1 unspecified atom stereocenters. The molecule has 0 saturated carbocycles. The van der Waals surface area contributed by atoms with Gasteiger partial charge in [0.1, 0.15) is 5.75 Å². The van der Waals surface area contributed by atoms with E-state index in [2.05, 4.69) is 63.3 Å². The van der Waals surface area contributed by atoms with Gasteiger partial charge < -0.3 is 5.11 Å². The van der Waals surface area contributed by atoms with E-state index in [0.717, 1.165) is 29.7 Å². The molecule has 4 rings (SSSR count). The lowest BCUT2D eigenvalue weighted by atomic mass is 9.84. The number of phenols is 1. The minimum atomic E-state index is 0.186. The first-order valence-corrected chi connectivity index (χ1v) is 10.3. The van der Waals surface area contributed by atoms with Crippen LogP contribution in [0.3, 0.4) is 0 Å². The van der Waals surface area contributed by atoms with Crippen molar-refractivity contribution in [3.05, 3.63) is 99.0 Å². The highest BCUT2D eigenvalue weighted by atomic mass is 79.9. The Bertz CT molecular complexity index is 931. The number of phenolic OH excluding ortho intramolecular Hbond substituents is 1. The maximum Gasteiger partial charge on any atom is 0.119 e. The van der Waals surface area contributed by atoms with Crippen molar-refractivity contribution in [2.75, 3.05) is 13.1 Å². The standard InChI is InChI=1S/C23H21BrClNO/c24-22-9-5-4-8-18(22)20-14-26(13-16-6-2-1-3-7-16)15-21(20)19-12-17(25)10-11-23(19)27/h1-12,20-21,27H,13-15H2/t20-,21?/m1/s1. The molecule has 0 spiro atoms. The number of hydrogen-bond donors (Lipinski definition) is 1. The van der Waals surface area contributed by atoms with Crippen LogP contribution in [-0.4, -0.2) is 23.1 Å². The number of benzene rings is 3. The van der Waals surface area contributed by atoms with Crippen LogP contribution in [0.2, 0.25) is 5.02 Å². The zero-order chi connectivity index (χ0) is 18.8. The summed E-state index contributed by atoms with van der Waals surface area (Å²) in [4.78, 5) is 2.46. The smallest absolute Gasteiger partial charge is 0.119 e. The molecule has 138 valence electrons. The summed E-state index contributed by atoms with van der Waals surface area (Å²) in [5, 5.41) is 11.2. The van der Waals surface area contributed by atoms with Crippen molar-refractivity contribution in [3.63, 3.8) is 0 Å². The Hall–Kier alpha value is -1.81. The third-order valence-corrected chi connectivity index (χ3v) is 6.30. The average molecular weight is 443 g/mol. The monoisotopic (exact) mass is 441 g/mol. The predicted octanol–water partition coefficient (Wildman–Crippen LogP) is 6.19. The molecule has 0 bridgehead atoms. The SMILES string of the molecule is Oc1ccc(Cl)cc1C1CN(Cc2ccccc2)C[C@@H]1c1ccccc1Br. The van der Waals surface area contributed by atoms with E-state index in [1.807, 2.05) is 18.2 Å². The second-order valence-electron chi connectivity index (χ2n) is 7.12. The molecule has 0 amide bonds. The van der Waals surface area contributed by atoms with E-state index in [1.54, 1.807) is 12.1 Å². The van der Waals surface area contributed by atoms with Crippen molar-refractivity contribution in [1.82, 2.24) is 4.90 Å². The van der Waals surface area contributed by atoms with Crippen LogP contribution < -0.4 is 0 Å². The molecule has 3 aromatic carbocycles. The molecule has 3 aromatic rings. The van der Waals surface area contributed by atoms with E-state index >= 15 is 0 Å². The molecule has 2 atom stereocenters. The van der Waals surface area contributed by atoms with Gasteiger partial charge in [-0.05, 0) is 35.4 Å². The zero-order valence-corrected chi connectivity index (χ0v) is 17.2. The van der Waals surface area contributed by atoms with Crippen LogP contribution in [-0.2, 0) is 6.54 Å². The van der Waals surface area contributed by atoms with Crippen LogP contribution in [0.25, 0.3) is 0 Å². The number of aromatic hydroxyl groups is 1. The highest BCUT2D eigenvalue weighted by Crippen LogP contribution is 2.45. The number of nitrogens with zero attached hydrogens (tertiary/aromatic N) is 1. The molecule has 4 heteroatoms. The predicted molar refractivity (Wildman–Crippen MR) is 114 cm³/mol. The van der Waals surface area contributed by atoms with Gasteiger partial charge in [0.25, 0.3) is 0 Å². The summed E-state index contributed by atoms with van der Waals surface area (Å²) in [5.41, 5.74) is 3.51. The Morgan fingerprint density at radius 1 is 0.889 bits per heavy atom. The van der Waals surface area contributed by atoms with Crippen molar-refractivity contribution in [2.45, 2.75) is 18.4 Å². The van der Waals surface area contributed by atoms with E-state index in [4.69, 9.17) is 11.6 Å². The Labute approximate surface area is 173 Å². The number of likely N-dealkylation sites (tertiary alicyclic amines) is 1. The fraction of sp³-hybridized carbons (Fsp3) is 0.217. The van der Waals surface area contributed by atoms with Gasteiger partial charge in [-0.25, -0.2) is 0 Å². The Balaban J connectivity index is 1.69. The van der Waals surface area contributed by atoms with E-state index in [0.29, 0.717) is 10.8 Å². The maximum atomic E-state index is 10.5. The van der Waals surface area contributed by atoms with Gasteiger partial charge in [0, 0.05) is 46.5 Å². The molecule has 0 radical (unpaired) electrons. The number of hydrogen-bond acceptors (Lipinski definition) is 2. The van der Waals surface area contributed by atoms with Gasteiger partial charge in [-0.15, -0.1) is 0 Å². The summed E-state index contributed by atoms with van der Waals surface area (Å²) in [6, 6.07) is 24.3. The van der Waals surface area contributed by atoms with Gasteiger partial charge in [0.2, 0.25) is 0 Å². The molecule has 0 aliphatic carbocycles. The molecule has 0 aromatic heterocycles. The van der Waals surface area contributed by atoms with Crippen molar-refractivity contribution in [1.29, 1.82) is 0 Å². The highest BCUT2D eigenvalue weighted by molar-refractivity contribution is 9.10. The molecular formula is C23H21BrClNO. The van der Waals surface area contributed by atoms with Crippen LogP contribution in [0.4, 0.5) is 0 Å². The zero-order valence-electron chi connectivity index (χ0n) is 14.9. The van der Waals surface area contributed by atoms with E-state index in [1.165, 1.54) is 11.1 Å². The minimum absolute atomic E-state index is 0.186. The van der Waals surface area contributed by atoms with Gasteiger partial charge in [-0.3, -0.25) is 4.90 Å². The lowest BCUT2D eigenvalue weighted by molar-refractivity contribution is 0.323. The average Bonchev–Trinajstić information content (AvgIpc) is 3.08. The largest absolute Gasteiger partial charge is 0.508 e. The van der Waals surface area contributed by atoms with Crippen molar-refractivity contribution in [3.8, 4) is 5.75 Å². The van der Waals surface area contributed by atoms with Crippen molar-refractivity contribution >= 4 is 27.5 Å². The fourth-order valence-electron chi connectivity index (χ4n) is 4.08. The first kappa shape index (κ1) is 18.5. The second-order valence-corrected chi connectivity index (χ2v) is 8.41. The molecule has 1 fully saturated rings. The van der Waals surface area contributed by atoms with Gasteiger partial charge >= 0.3 is 0 Å². The normalized spacial score (nSPS) is 20.1. The van der Waals surface area contributed by atoms with Crippen LogP contribution in [0, 0.1) is 0 Å². The topological polar surface area (TPSA) is 23.5 Å². The van der Waals surface area contributed by atoms with Gasteiger partial charge in [0.15, 0.2) is 0 Å². The molecule has 27 heavy (non-hydrogen) atoms. The Morgan fingerprint density at radius 2 is 1.56 bits per heavy atom. The quantitative estimate of drug-likeness (QED) is 0.520. The summed E-state index contributed by atoms with van der Waals surface area (Å²) >= 11 is 9.97. The fourth-order valence-corrected chi connectivity index (χ4v) is 4.84. The van der Waals surface area contributed by atoms with Gasteiger partial charge in [-0.1, -0.05) is 76.1 Å². The lowest BCUT2D eigenvalue weighted by Gasteiger charge is -2.21. The minimum Gasteiger partial charge on any atom is -0.508 e. The van der Waals surface area contributed by atoms with Crippen LogP contribution >= 0.6 is 27.5 Å². The molecule has 1 aliphatic rings. The third-order valence-electron chi connectivity index (χ3n) is 5.34. The molecule has 1 N–H and O–H groups in total. The summed E-state index contributed by atoms with van der Waals surface area (Å²) in [5.74, 6) is 0.794. The van der Waals surface area contributed by atoms with E-state index in [9.17, 15) is 5.11 Å². The first-order valence-electron chi connectivity index (χ1n) is 9.11. The van der Waals surface area contributed by atoms with Crippen LogP contribution in [0.5, 0.6) is 5.75 Å². The van der Waals surface area contributed by atoms with Gasteiger partial charge in [0.05, 0.1) is 0 Å². The summed E-state index contributed by atoms with van der Waals surface area (Å²) in [7, 11) is 0. The third kappa shape index (κ3) is 4.06. The van der Waals surface area contributed by atoms with Crippen molar-refractivity contribution < 1.29 is 5.11 Å². The second kappa shape index (κ2) is 8.05. The molecular weight excluding hydrogens is 422 g/mol. The van der Waals surface area contributed by atoms with E-state index < -0.39 is 0 Å². The van der Waals surface area contributed by atoms with Crippen molar-refractivity contribution in [2.24, 2.45) is 0 Å². The maximum absolute atomic E-state index is 10.5. The molecule has 1 heterocycles.